The van der Waals surface area contributed by atoms with E-state index in [9.17, 15) is 13.6 Å². The number of aryl methyl sites for hydroxylation is 1. The minimum Gasteiger partial charge on any atom is -0.293 e. The molecule has 2 aromatic carbocycles. The molecule has 0 fully saturated rings. The Morgan fingerprint density at radius 3 is 2.35 bits per heavy atom. The van der Waals surface area contributed by atoms with Gasteiger partial charge in [-0.15, -0.1) is 0 Å². The molecule has 0 bridgehead atoms. The maximum Gasteiger partial charge on any atom is 0.176 e. The first-order valence-electron chi connectivity index (χ1n) is 6.60. The fraction of sp³-hybridized carbons (Fsp3) is 0.235. The van der Waals surface area contributed by atoms with Crippen LogP contribution in [-0.4, -0.2) is 5.78 Å². The molecule has 2 aromatic rings. The number of carbonyl (C=O) groups is 1. The lowest BCUT2D eigenvalue weighted by Crippen LogP contribution is -2.16. The van der Waals surface area contributed by atoms with Gasteiger partial charge in [-0.1, -0.05) is 43.3 Å². The SMILES string of the molecule is CCC(C(=O)c1c(F)ccc(C)c1F)c1ccccc1. The molecule has 2 rings (SSSR count). The summed E-state index contributed by atoms with van der Waals surface area (Å²) in [4.78, 5) is 12.5. The van der Waals surface area contributed by atoms with E-state index in [0.717, 1.165) is 11.6 Å². The highest BCUT2D eigenvalue weighted by atomic mass is 19.1. The summed E-state index contributed by atoms with van der Waals surface area (Å²) in [7, 11) is 0. The van der Waals surface area contributed by atoms with Crippen molar-refractivity contribution in [2.75, 3.05) is 0 Å². The van der Waals surface area contributed by atoms with Gasteiger partial charge in [-0.05, 0) is 30.5 Å². The van der Waals surface area contributed by atoms with E-state index in [1.54, 1.807) is 12.1 Å². The van der Waals surface area contributed by atoms with Gasteiger partial charge in [0.25, 0.3) is 0 Å². The molecule has 1 unspecified atom stereocenters. The van der Waals surface area contributed by atoms with Crippen molar-refractivity contribution in [2.45, 2.75) is 26.2 Å². The van der Waals surface area contributed by atoms with E-state index in [1.807, 2.05) is 25.1 Å². The molecule has 0 spiro atoms. The Kier molecular flexibility index (Phi) is 4.28. The van der Waals surface area contributed by atoms with E-state index in [1.165, 1.54) is 13.0 Å². The van der Waals surface area contributed by atoms with Crippen LogP contribution in [0.2, 0.25) is 0 Å². The number of benzene rings is 2. The Bertz CT molecular complexity index is 620. The molecule has 0 saturated heterocycles. The molecule has 1 atom stereocenters. The molecule has 0 aliphatic carbocycles. The van der Waals surface area contributed by atoms with Gasteiger partial charge in [-0.25, -0.2) is 8.78 Å². The molecule has 0 aromatic heterocycles. The summed E-state index contributed by atoms with van der Waals surface area (Å²) in [6, 6.07) is 11.6. The first-order valence-corrected chi connectivity index (χ1v) is 6.60. The van der Waals surface area contributed by atoms with Crippen LogP contribution in [0.5, 0.6) is 0 Å². The van der Waals surface area contributed by atoms with Crippen LogP contribution in [-0.2, 0) is 0 Å². The molecule has 3 heteroatoms. The zero-order valence-electron chi connectivity index (χ0n) is 11.5. The molecule has 20 heavy (non-hydrogen) atoms. The summed E-state index contributed by atoms with van der Waals surface area (Å²) >= 11 is 0. The summed E-state index contributed by atoms with van der Waals surface area (Å²) in [5.41, 5.74) is 0.624. The Balaban J connectivity index is 2.47. The molecule has 0 amide bonds. The van der Waals surface area contributed by atoms with E-state index in [4.69, 9.17) is 0 Å². The smallest absolute Gasteiger partial charge is 0.176 e. The van der Waals surface area contributed by atoms with Gasteiger partial charge >= 0.3 is 0 Å². The Labute approximate surface area is 117 Å². The maximum atomic E-state index is 14.1. The van der Waals surface area contributed by atoms with Crippen LogP contribution in [0.25, 0.3) is 0 Å². The highest BCUT2D eigenvalue weighted by Gasteiger charge is 2.26. The lowest BCUT2D eigenvalue weighted by atomic mass is 9.87. The van der Waals surface area contributed by atoms with Gasteiger partial charge in [0.2, 0.25) is 0 Å². The number of hydrogen-bond acceptors (Lipinski definition) is 1. The minimum absolute atomic E-state index is 0.276. The third-order valence-electron chi connectivity index (χ3n) is 3.46. The Morgan fingerprint density at radius 2 is 1.75 bits per heavy atom. The Morgan fingerprint density at radius 1 is 1.10 bits per heavy atom. The summed E-state index contributed by atoms with van der Waals surface area (Å²) in [6.45, 7) is 3.36. The second-order valence-corrected chi connectivity index (χ2v) is 4.79. The lowest BCUT2D eigenvalue weighted by molar-refractivity contribution is 0.0948. The number of halogens is 2. The maximum absolute atomic E-state index is 14.1. The van der Waals surface area contributed by atoms with Crippen molar-refractivity contribution >= 4 is 5.78 Å². The second kappa shape index (κ2) is 5.95. The van der Waals surface area contributed by atoms with Crippen molar-refractivity contribution in [2.24, 2.45) is 0 Å². The fourth-order valence-electron chi connectivity index (χ4n) is 2.31. The van der Waals surface area contributed by atoms with Crippen LogP contribution >= 0.6 is 0 Å². The molecular formula is C17H16F2O. The van der Waals surface area contributed by atoms with Crippen LogP contribution in [0.15, 0.2) is 42.5 Å². The van der Waals surface area contributed by atoms with Crippen LogP contribution in [0, 0.1) is 18.6 Å². The van der Waals surface area contributed by atoms with Crippen molar-refractivity contribution in [1.82, 2.24) is 0 Å². The summed E-state index contributed by atoms with van der Waals surface area (Å²) < 4.78 is 27.9. The third kappa shape index (κ3) is 2.62. The summed E-state index contributed by atoms with van der Waals surface area (Å²) in [5, 5.41) is 0. The van der Waals surface area contributed by atoms with E-state index < -0.39 is 28.9 Å². The van der Waals surface area contributed by atoms with Gasteiger partial charge in [0.05, 0.1) is 5.56 Å². The molecule has 0 aliphatic heterocycles. The predicted molar refractivity (Wildman–Crippen MR) is 74.9 cm³/mol. The lowest BCUT2D eigenvalue weighted by Gasteiger charge is -2.15. The number of ketones is 1. The predicted octanol–water partition coefficient (Wildman–Crippen LogP) is 4.65. The van der Waals surface area contributed by atoms with Gasteiger partial charge in [0, 0.05) is 5.92 Å². The van der Waals surface area contributed by atoms with Crippen LogP contribution < -0.4 is 0 Å². The van der Waals surface area contributed by atoms with Crippen molar-refractivity contribution in [3.8, 4) is 0 Å². The minimum atomic E-state index is -0.799. The summed E-state index contributed by atoms with van der Waals surface area (Å²) in [5.74, 6) is -2.59. The van der Waals surface area contributed by atoms with Gasteiger partial charge in [0.1, 0.15) is 11.6 Å². The normalized spacial score (nSPS) is 12.2. The Hall–Kier alpha value is -2.03. The van der Waals surface area contributed by atoms with Gasteiger partial charge in [-0.2, -0.15) is 0 Å². The van der Waals surface area contributed by atoms with Crippen molar-refractivity contribution in [3.63, 3.8) is 0 Å². The molecule has 0 aliphatic rings. The fourth-order valence-corrected chi connectivity index (χ4v) is 2.31. The highest BCUT2D eigenvalue weighted by molar-refractivity contribution is 6.01. The molecule has 0 heterocycles. The zero-order chi connectivity index (χ0) is 14.7. The monoisotopic (exact) mass is 274 g/mol. The number of Topliss-reactive ketones (excluding diaryl/α,β-unsaturated/α-hetero) is 1. The number of rotatable bonds is 4. The van der Waals surface area contributed by atoms with Crippen molar-refractivity contribution in [1.29, 1.82) is 0 Å². The van der Waals surface area contributed by atoms with Gasteiger partial charge < -0.3 is 0 Å². The largest absolute Gasteiger partial charge is 0.293 e. The van der Waals surface area contributed by atoms with E-state index in [-0.39, 0.29) is 5.56 Å². The highest BCUT2D eigenvalue weighted by Crippen LogP contribution is 2.27. The van der Waals surface area contributed by atoms with E-state index in [0.29, 0.717) is 6.42 Å². The van der Waals surface area contributed by atoms with Crippen LogP contribution in [0.1, 0.15) is 40.7 Å². The first-order chi connectivity index (χ1) is 9.56. The third-order valence-corrected chi connectivity index (χ3v) is 3.46. The number of hydrogen-bond donors (Lipinski definition) is 0. The summed E-state index contributed by atoms with van der Waals surface area (Å²) in [6.07, 6.45) is 0.496. The molecular weight excluding hydrogens is 258 g/mol. The average Bonchev–Trinajstić information content (AvgIpc) is 2.45. The molecule has 0 N–H and O–H groups in total. The zero-order valence-corrected chi connectivity index (χ0v) is 11.5. The van der Waals surface area contributed by atoms with E-state index >= 15 is 0 Å². The van der Waals surface area contributed by atoms with Gasteiger partial charge in [0.15, 0.2) is 5.78 Å². The van der Waals surface area contributed by atoms with Crippen LogP contribution in [0.4, 0.5) is 8.78 Å². The molecule has 1 nitrogen and oxygen atoms in total. The molecule has 0 radical (unpaired) electrons. The van der Waals surface area contributed by atoms with Gasteiger partial charge in [-0.3, -0.25) is 4.79 Å². The second-order valence-electron chi connectivity index (χ2n) is 4.79. The van der Waals surface area contributed by atoms with Crippen LogP contribution in [0.3, 0.4) is 0 Å². The standard InChI is InChI=1S/C17H16F2O/c1-3-13(12-7-5-4-6-8-12)17(20)15-14(18)10-9-11(2)16(15)19/h4-10,13H,3H2,1-2H3. The van der Waals surface area contributed by atoms with Crippen molar-refractivity contribution in [3.05, 3.63) is 70.8 Å². The first kappa shape index (κ1) is 14.4. The van der Waals surface area contributed by atoms with E-state index in [2.05, 4.69) is 0 Å². The topological polar surface area (TPSA) is 17.1 Å². The number of carbonyl (C=O) groups excluding carboxylic acids is 1. The average molecular weight is 274 g/mol. The molecule has 104 valence electrons. The quantitative estimate of drug-likeness (QED) is 0.742. The van der Waals surface area contributed by atoms with Crippen molar-refractivity contribution < 1.29 is 13.6 Å². The molecule has 0 saturated carbocycles.